The highest BCUT2D eigenvalue weighted by atomic mass is 32.2. The van der Waals surface area contributed by atoms with Gasteiger partial charge in [0.2, 0.25) is 21.6 Å². The molecule has 3 heterocycles. The predicted octanol–water partition coefficient (Wildman–Crippen LogP) is 4.71. The zero-order valence-corrected chi connectivity index (χ0v) is 21.5. The summed E-state index contributed by atoms with van der Waals surface area (Å²) >= 11 is 1.24. The summed E-state index contributed by atoms with van der Waals surface area (Å²) in [6.07, 6.45) is 0.776. The van der Waals surface area contributed by atoms with Crippen molar-refractivity contribution in [1.29, 1.82) is 0 Å². The summed E-state index contributed by atoms with van der Waals surface area (Å²) in [4.78, 5) is 16.2. The number of ketones is 1. The standard InChI is InChI=1S/C26H24N2O7S2/c1-16(29)23-28-24(35-25-20(9-14-36-25)26(30)10-12-33-13-11-26)22(34-23)19-15-18(17-5-3-2-4-6-17)7-8-21(19)37(27,31)32/h2-9,14-15,30H,10-13H2,1H3,(H2,27,31,32). The Balaban J connectivity index is 1.65. The number of carbonyl (C=O) groups is 1. The van der Waals surface area contributed by atoms with E-state index in [0.717, 1.165) is 5.56 Å². The lowest BCUT2D eigenvalue weighted by molar-refractivity contribution is -0.0684. The summed E-state index contributed by atoms with van der Waals surface area (Å²) in [5, 5.41) is 18.9. The van der Waals surface area contributed by atoms with Crippen molar-refractivity contribution in [3.05, 3.63) is 71.4 Å². The first-order chi connectivity index (χ1) is 17.7. The van der Waals surface area contributed by atoms with Gasteiger partial charge < -0.3 is 19.0 Å². The van der Waals surface area contributed by atoms with Gasteiger partial charge in [0.15, 0.2) is 5.06 Å². The first-order valence-electron chi connectivity index (χ1n) is 11.5. The molecule has 5 rings (SSSR count). The molecule has 4 aromatic rings. The Morgan fingerprint density at radius 1 is 1.11 bits per heavy atom. The number of hydrogen-bond donors (Lipinski definition) is 2. The molecule has 1 saturated heterocycles. The van der Waals surface area contributed by atoms with E-state index in [1.54, 1.807) is 23.6 Å². The molecule has 37 heavy (non-hydrogen) atoms. The van der Waals surface area contributed by atoms with Crippen LogP contribution in [0.1, 0.15) is 36.0 Å². The van der Waals surface area contributed by atoms with Gasteiger partial charge in [0.05, 0.1) is 10.5 Å². The molecule has 0 atom stereocenters. The largest absolute Gasteiger partial charge is 0.429 e. The van der Waals surface area contributed by atoms with Crippen LogP contribution in [-0.2, 0) is 20.4 Å². The second-order valence-electron chi connectivity index (χ2n) is 8.70. The van der Waals surface area contributed by atoms with E-state index in [2.05, 4.69) is 4.98 Å². The van der Waals surface area contributed by atoms with Crippen LogP contribution < -0.4 is 9.88 Å². The molecule has 192 valence electrons. The van der Waals surface area contributed by atoms with Gasteiger partial charge in [-0.05, 0) is 34.7 Å². The molecule has 0 aliphatic carbocycles. The van der Waals surface area contributed by atoms with Crippen LogP contribution in [0, 0.1) is 0 Å². The van der Waals surface area contributed by atoms with E-state index >= 15 is 0 Å². The van der Waals surface area contributed by atoms with E-state index < -0.39 is 21.4 Å². The van der Waals surface area contributed by atoms with Crippen molar-refractivity contribution in [2.24, 2.45) is 5.14 Å². The molecule has 3 N–H and O–H groups in total. The Morgan fingerprint density at radius 3 is 2.51 bits per heavy atom. The number of primary sulfonamides is 1. The molecular formula is C26H24N2O7S2. The van der Waals surface area contributed by atoms with Crippen molar-refractivity contribution < 1.29 is 32.2 Å². The number of carbonyl (C=O) groups excluding carboxylic acids is 1. The van der Waals surface area contributed by atoms with Gasteiger partial charge in [0.1, 0.15) is 0 Å². The molecule has 11 heteroatoms. The van der Waals surface area contributed by atoms with Gasteiger partial charge in [-0.25, -0.2) is 13.6 Å². The zero-order chi connectivity index (χ0) is 26.2. The minimum absolute atomic E-state index is 0.0645. The van der Waals surface area contributed by atoms with Crippen molar-refractivity contribution in [2.45, 2.75) is 30.3 Å². The van der Waals surface area contributed by atoms with E-state index in [1.165, 1.54) is 24.3 Å². The van der Waals surface area contributed by atoms with Gasteiger partial charge in [-0.15, -0.1) is 11.3 Å². The van der Waals surface area contributed by atoms with Gasteiger partial charge in [-0.2, -0.15) is 4.98 Å². The Kier molecular flexibility index (Phi) is 6.73. The first kappa shape index (κ1) is 25.3. The maximum Gasteiger partial charge on any atom is 0.268 e. The van der Waals surface area contributed by atoms with E-state index in [9.17, 15) is 18.3 Å². The van der Waals surface area contributed by atoms with Crippen LogP contribution in [-0.4, -0.2) is 37.5 Å². The molecule has 0 radical (unpaired) electrons. The van der Waals surface area contributed by atoms with Gasteiger partial charge in [-0.3, -0.25) is 4.79 Å². The Labute approximate surface area is 217 Å². The number of oxazole rings is 1. The first-order valence-corrected chi connectivity index (χ1v) is 13.9. The number of sulfonamides is 1. The molecule has 0 bridgehead atoms. The molecule has 1 fully saturated rings. The summed E-state index contributed by atoms with van der Waals surface area (Å²) in [5.41, 5.74) is 1.04. The minimum Gasteiger partial charge on any atom is -0.429 e. The summed E-state index contributed by atoms with van der Waals surface area (Å²) < 4.78 is 42.3. The highest BCUT2D eigenvalue weighted by molar-refractivity contribution is 7.89. The minimum atomic E-state index is -4.18. The number of nitrogens with two attached hydrogens (primary N) is 1. The molecule has 0 amide bonds. The average molecular weight is 541 g/mol. The van der Waals surface area contributed by atoms with Crippen molar-refractivity contribution >= 4 is 27.1 Å². The number of nitrogens with zero attached hydrogens (tertiary/aromatic N) is 1. The lowest BCUT2D eigenvalue weighted by atomic mass is 9.88. The lowest BCUT2D eigenvalue weighted by Crippen LogP contribution is -2.33. The Hall–Kier alpha value is -3.35. The highest BCUT2D eigenvalue weighted by Crippen LogP contribution is 2.45. The zero-order valence-electron chi connectivity index (χ0n) is 19.8. The maximum atomic E-state index is 12.5. The van der Waals surface area contributed by atoms with Crippen LogP contribution in [0.3, 0.4) is 0 Å². The van der Waals surface area contributed by atoms with E-state index in [4.69, 9.17) is 19.0 Å². The molecule has 2 aromatic heterocycles. The van der Waals surface area contributed by atoms with Crippen molar-refractivity contribution in [3.8, 4) is 33.4 Å². The molecule has 2 aromatic carbocycles. The summed E-state index contributed by atoms with van der Waals surface area (Å²) in [5.74, 6) is -0.898. The van der Waals surface area contributed by atoms with Crippen LogP contribution in [0.25, 0.3) is 22.5 Å². The molecule has 0 unspecified atom stereocenters. The van der Waals surface area contributed by atoms with Crippen molar-refractivity contribution in [1.82, 2.24) is 4.98 Å². The Morgan fingerprint density at radius 2 is 1.84 bits per heavy atom. The van der Waals surface area contributed by atoms with Gasteiger partial charge in [0.25, 0.3) is 11.8 Å². The second kappa shape index (κ2) is 9.84. The number of rotatable bonds is 7. The van der Waals surface area contributed by atoms with Crippen LogP contribution in [0.4, 0.5) is 0 Å². The number of aromatic nitrogens is 1. The number of hydrogen-bond acceptors (Lipinski definition) is 9. The lowest BCUT2D eigenvalue weighted by Gasteiger charge is -2.32. The van der Waals surface area contributed by atoms with Crippen LogP contribution in [0.15, 0.2) is 69.3 Å². The van der Waals surface area contributed by atoms with Gasteiger partial charge in [-0.1, -0.05) is 36.4 Å². The predicted molar refractivity (Wildman–Crippen MR) is 137 cm³/mol. The normalized spacial score (nSPS) is 15.4. The van der Waals surface area contributed by atoms with Crippen molar-refractivity contribution in [3.63, 3.8) is 0 Å². The molecule has 1 aliphatic heterocycles. The third kappa shape index (κ3) is 5.09. The number of Topliss-reactive ketones (excluding diaryl/α,β-unsaturated/α-hetero) is 1. The number of benzene rings is 2. The quantitative estimate of drug-likeness (QED) is 0.321. The summed E-state index contributed by atoms with van der Waals surface area (Å²) in [7, 11) is -4.18. The second-order valence-corrected chi connectivity index (χ2v) is 11.1. The monoisotopic (exact) mass is 540 g/mol. The number of thiophene rings is 1. The fraction of sp³-hybridized carbons (Fsp3) is 0.231. The van der Waals surface area contributed by atoms with Crippen LogP contribution >= 0.6 is 11.3 Å². The van der Waals surface area contributed by atoms with E-state index in [1.807, 2.05) is 30.3 Å². The summed E-state index contributed by atoms with van der Waals surface area (Å²) in [6.45, 7) is 2.08. The molecule has 9 nitrogen and oxygen atoms in total. The topological polar surface area (TPSA) is 142 Å². The third-order valence-electron chi connectivity index (χ3n) is 6.18. The Bertz CT molecular complexity index is 1550. The smallest absolute Gasteiger partial charge is 0.268 e. The fourth-order valence-corrected chi connectivity index (χ4v) is 5.80. The maximum absolute atomic E-state index is 12.5. The summed E-state index contributed by atoms with van der Waals surface area (Å²) in [6, 6.07) is 15.7. The average Bonchev–Trinajstić information content (AvgIpc) is 3.52. The molecule has 0 saturated carbocycles. The molecule has 0 spiro atoms. The SMILES string of the molecule is CC(=O)c1nc(Oc2sccc2C2(O)CCOCC2)c(-c2cc(-c3ccccc3)ccc2S(N)(=O)=O)o1. The number of ether oxygens (including phenoxy) is 2. The van der Waals surface area contributed by atoms with Gasteiger partial charge in [0, 0.05) is 44.1 Å². The highest BCUT2D eigenvalue weighted by Gasteiger charge is 2.36. The van der Waals surface area contributed by atoms with E-state index in [-0.39, 0.29) is 28.0 Å². The number of aliphatic hydroxyl groups is 1. The van der Waals surface area contributed by atoms with Crippen LogP contribution in [0.2, 0.25) is 0 Å². The van der Waals surface area contributed by atoms with E-state index in [0.29, 0.717) is 42.2 Å². The fourth-order valence-electron chi connectivity index (χ4n) is 4.25. The van der Waals surface area contributed by atoms with Crippen LogP contribution in [0.5, 0.6) is 10.9 Å². The molecular weight excluding hydrogens is 516 g/mol. The molecule has 1 aliphatic rings. The van der Waals surface area contributed by atoms with Crippen molar-refractivity contribution in [2.75, 3.05) is 13.2 Å². The third-order valence-corrected chi connectivity index (χ3v) is 7.93. The van der Waals surface area contributed by atoms with Gasteiger partial charge >= 0.3 is 0 Å².